The highest BCUT2D eigenvalue weighted by Crippen LogP contribution is 2.28. The molecule has 1 fully saturated rings. The minimum atomic E-state index is -0.881. The number of carbonyl (C=O) groups is 2. The highest BCUT2D eigenvalue weighted by molar-refractivity contribution is 7.22. The number of amides is 2. The van der Waals surface area contributed by atoms with Gasteiger partial charge in [-0.15, -0.1) is 0 Å². The van der Waals surface area contributed by atoms with Crippen molar-refractivity contribution in [2.24, 2.45) is 5.92 Å². The molecule has 23 heavy (non-hydrogen) atoms. The number of carbonyl (C=O) groups excluding carboxylic acids is 1. The summed E-state index contributed by atoms with van der Waals surface area (Å²) < 4.78 is 14.3. The Hall–Kier alpha value is -2.22. The van der Waals surface area contributed by atoms with E-state index in [9.17, 15) is 14.0 Å². The fourth-order valence-electron chi connectivity index (χ4n) is 2.64. The van der Waals surface area contributed by atoms with Gasteiger partial charge < -0.3 is 10.0 Å². The van der Waals surface area contributed by atoms with Gasteiger partial charge in [0.2, 0.25) is 0 Å². The molecule has 2 amide bonds. The molecule has 0 bridgehead atoms. The van der Waals surface area contributed by atoms with Crippen molar-refractivity contribution in [3.8, 4) is 0 Å². The number of nitrogens with zero attached hydrogens (tertiary/aromatic N) is 2. The fourth-order valence-corrected chi connectivity index (χ4v) is 3.57. The van der Waals surface area contributed by atoms with E-state index >= 15 is 0 Å². The monoisotopic (exact) mass is 337 g/mol. The molecule has 3 rings (SSSR count). The summed E-state index contributed by atoms with van der Waals surface area (Å²) in [4.78, 5) is 29.0. The van der Waals surface area contributed by atoms with Crippen LogP contribution in [0, 0.1) is 18.7 Å². The van der Waals surface area contributed by atoms with Crippen molar-refractivity contribution >= 4 is 38.7 Å². The Balaban J connectivity index is 1.73. The number of thiazole rings is 1. The smallest absolute Gasteiger partial charge is 0.323 e. The van der Waals surface area contributed by atoms with E-state index in [-0.39, 0.29) is 18.4 Å². The number of halogens is 1. The molecule has 1 aliphatic rings. The number of rotatable bonds is 2. The first-order chi connectivity index (χ1) is 10.9. The van der Waals surface area contributed by atoms with Crippen LogP contribution in [0.25, 0.3) is 10.2 Å². The first kappa shape index (κ1) is 15.7. The zero-order valence-electron chi connectivity index (χ0n) is 12.5. The van der Waals surface area contributed by atoms with Crippen LogP contribution in [0.2, 0.25) is 0 Å². The number of nitrogens with one attached hydrogen (secondary N) is 1. The topological polar surface area (TPSA) is 82.5 Å². The third-order valence-electron chi connectivity index (χ3n) is 3.94. The van der Waals surface area contributed by atoms with Gasteiger partial charge in [0.05, 0.1) is 16.1 Å². The summed E-state index contributed by atoms with van der Waals surface area (Å²) in [5.74, 6) is -1.74. The molecule has 1 aliphatic heterocycles. The van der Waals surface area contributed by atoms with E-state index in [1.165, 1.54) is 22.3 Å². The quantitative estimate of drug-likeness (QED) is 0.882. The molecule has 1 atom stereocenters. The zero-order chi connectivity index (χ0) is 16.6. The van der Waals surface area contributed by atoms with Crippen LogP contribution in [0.5, 0.6) is 0 Å². The van der Waals surface area contributed by atoms with Gasteiger partial charge in [-0.25, -0.2) is 14.2 Å². The fraction of sp³-hybridized carbons (Fsp3) is 0.400. The summed E-state index contributed by atoms with van der Waals surface area (Å²) in [7, 11) is 0. The van der Waals surface area contributed by atoms with Crippen LogP contribution in [0.1, 0.15) is 18.4 Å². The van der Waals surface area contributed by atoms with Gasteiger partial charge in [-0.05, 0) is 31.4 Å². The van der Waals surface area contributed by atoms with Crippen molar-refractivity contribution in [2.45, 2.75) is 19.8 Å². The summed E-state index contributed by atoms with van der Waals surface area (Å²) in [6, 6.07) is 2.67. The molecule has 0 radical (unpaired) electrons. The maximum absolute atomic E-state index is 13.5. The van der Waals surface area contributed by atoms with Crippen LogP contribution in [0.4, 0.5) is 14.3 Å². The van der Waals surface area contributed by atoms with Crippen molar-refractivity contribution in [1.82, 2.24) is 9.88 Å². The Morgan fingerprint density at radius 2 is 2.26 bits per heavy atom. The number of hydrogen-bond acceptors (Lipinski definition) is 4. The van der Waals surface area contributed by atoms with Crippen molar-refractivity contribution in [3.05, 3.63) is 23.5 Å². The average molecular weight is 337 g/mol. The van der Waals surface area contributed by atoms with Crippen LogP contribution >= 0.6 is 11.3 Å². The van der Waals surface area contributed by atoms with Gasteiger partial charge in [-0.2, -0.15) is 0 Å². The average Bonchev–Trinajstić information content (AvgIpc) is 2.89. The molecule has 0 spiro atoms. The number of carboxylic acids is 1. The highest BCUT2D eigenvalue weighted by atomic mass is 32.1. The van der Waals surface area contributed by atoms with Crippen LogP contribution in [-0.4, -0.2) is 40.1 Å². The van der Waals surface area contributed by atoms with Gasteiger partial charge in [-0.1, -0.05) is 11.3 Å². The molecule has 1 saturated heterocycles. The Bertz CT molecular complexity index is 738. The minimum absolute atomic E-state index is 0.194. The number of aliphatic carboxylic acids is 1. The van der Waals surface area contributed by atoms with Gasteiger partial charge in [0, 0.05) is 19.2 Å². The molecule has 1 unspecified atom stereocenters. The first-order valence-corrected chi connectivity index (χ1v) is 8.11. The molecule has 1 aromatic heterocycles. The number of aryl methyl sites for hydroxylation is 1. The lowest BCUT2D eigenvalue weighted by Crippen LogP contribution is -2.44. The van der Waals surface area contributed by atoms with Gasteiger partial charge >= 0.3 is 12.0 Å². The third kappa shape index (κ3) is 3.26. The third-order valence-corrected chi connectivity index (χ3v) is 4.87. The highest BCUT2D eigenvalue weighted by Gasteiger charge is 2.28. The van der Waals surface area contributed by atoms with E-state index in [4.69, 9.17) is 5.11 Å². The minimum Gasteiger partial charge on any atom is -0.481 e. The van der Waals surface area contributed by atoms with E-state index in [1.807, 2.05) is 0 Å². The molecule has 2 aromatic rings. The Morgan fingerprint density at radius 3 is 3.00 bits per heavy atom. The van der Waals surface area contributed by atoms with E-state index in [2.05, 4.69) is 10.3 Å². The second-order valence-electron chi connectivity index (χ2n) is 5.64. The number of piperidine rings is 1. The maximum atomic E-state index is 13.5. The molecular weight excluding hydrogens is 321 g/mol. The molecule has 2 heterocycles. The summed E-state index contributed by atoms with van der Waals surface area (Å²) in [6.45, 7) is 2.39. The number of hydrogen-bond donors (Lipinski definition) is 2. The first-order valence-electron chi connectivity index (χ1n) is 7.29. The SMILES string of the molecule is Cc1cc2sc(NC(=O)N3CCCC(C(=O)O)C3)nc2cc1F. The number of likely N-dealkylation sites (tertiary alicyclic amines) is 1. The van der Waals surface area contributed by atoms with Crippen molar-refractivity contribution < 1.29 is 19.1 Å². The Kier molecular flexibility index (Phi) is 4.16. The summed E-state index contributed by atoms with van der Waals surface area (Å²) in [5.41, 5.74) is 1.02. The second kappa shape index (κ2) is 6.11. The summed E-state index contributed by atoms with van der Waals surface area (Å²) >= 11 is 1.27. The Labute approximate surface area is 135 Å². The normalized spacial score (nSPS) is 18.2. The van der Waals surface area contributed by atoms with Gasteiger partial charge in [0.25, 0.3) is 0 Å². The van der Waals surface area contributed by atoms with Gasteiger partial charge in [0.15, 0.2) is 5.13 Å². The van der Waals surface area contributed by atoms with Gasteiger partial charge in [0.1, 0.15) is 5.82 Å². The predicted molar refractivity (Wildman–Crippen MR) is 85.3 cm³/mol. The maximum Gasteiger partial charge on any atom is 0.323 e. The Morgan fingerprint density at radius 1 is 1.48 bits per heavy atom. The standard InChI is InChI=1S/C15H16FN3O3S/c1-8-5-12-11(6-10(8)16)17-14(23-12)18-15(22)19-4-2-3-9(7-19)13(20)21/h5-6,9H,2-4,7H2,1H3,(H,20,21)(H,17,18,22). The lowest BCUT2D eigenvalue weighted by molar-refractivity contribution is -0.143. The number of anilines is 1. The number of aromatic nitrogens is 1. The van der Waals surface area contributed by atoms with Crippen molar-refractivity contribution in [1.29, 1.82) is 0 Å². The number of urea groups is 1. The lowest BCUT2D eigenvalue weighted by atomic mass is 9.99. The van der Waals surface area contributed by atoms with Crippen LogP contribution in [-0.2, 0) is 4.79 Å². The van der Waals surface area contributed by atoms with E-state index in [1.54, 1.807) is 13.0 Å². The summed E-state index contributed by atoms with van der Waals surface area (Å²) in [5, 5.41) is 12.1. The zero-order valence-corrected chi connectivity index (χ0v) is 13.3. The molecule has 0 saturated carbocycles. The largest absolute Gasteiger partial charge is 0.481 e. The molecule has 2 N–H and O–H groups in total. The molecule has 1 aromatic carbocycles. The van der Waals surface area contributed by atoms with Gasteiger partial charge in [-0.3, -0.25) is 10.1 Å². The molecule has 122 valence electrons. The second-order valence-corrected chi connectivity index (χ2v) is 6.67. The van der Waals surface area contributed by atoms with Crippen LogP contribution in [0.3, 0.4) is 0 Å². The number of fused-ring (bicyclic) bond motifs is 1. The van der Waals surface area contributed by atoms with E-state index < -0.39 is 11.9 Å². The summed E-state index contributed by atoms with van der Waals surface area (Å²) in [6.07, 6.45) is 1.24. The molecule has 8 heteroatoms. The predicted octanol–water partition coefficient (Wildman–Crippen LogP) is 3.07. The van der Waals surface area contributed by atoms with Crippen molar-refractivity contribution in [2.75, 3.05) is 18.4 Å². The molecule has 0 aliphatic carbocycles. The molecular formula is C15H16FN3O3S. The van der Waals surface area contributed by atoms with E-state index in [0.29, 0.717) is 35.6 Å². The van der Waals surface area contributed by atoms with Crippen molar-refractivity contribution in [3.63, 3.8) is 0 Å². The van der Waals surface area contributed by atoms with Crippen LogP contribution in [0.15, 0.2) is 12.1 Å². The van der Waals surface area contributed by atoms with E-state index in [0.717, 1.165) is 4.70 Å². The number of carboxylic acid groups (broad SMARTS) is 1. The lowest BCUT2D eigenvalue weighted by Gasteiger charge is -2.30. The number of benzene rings is 1. The van der Waals surface area contributed by atoms with Crippen LogP contribution < -0.4 is 5.32 Å². The molecule has 6 nitrogen and oxygen atoms in total.